The van der Waals surface area contributed by atoms with Gasteiger partial charge in [-0.25, -0.2) is 4.98 Å². The van der Waals surface area contributed by atoms with E-state index in [4.69, 9.17) is 0 Å². The van der Waals surface area contributed by atoms with E-state index in [1.54, 1.807) is 34.9 Å². The summed E-state index contributed by atoms with van der Waals surface area (Å²) in [5, 5.41) is 3.49. The summed E-state index contributed by atoms with van der Waals surface area (Å²) in [5.41, 5.74) is 2.43. The lowest BCUT2D eigenvalue weighted by atomic mass is 10.2. The van der Waals surface area contributed by atoms with E-state index in [0.717, 1.165) is 20.2 Å². The van der Waals surface area contributed by atoms with Crippen LogP contribution in [-0.4, -0.2) is 22.4 Å². The van der Waals surface area contributed by atoms with Crippen molar-refractivity contribution in [3.05, 3.63) is 48.0 Å². The van der Waals surface area contributed by atoms with Crippen molar-refractivity contribution in [2.24, 2.45) is 0 Å². The number of hydrogen-bond acceptors (Lipinski definition) is 5. The SMILES string of the molecule is CSc1nc2ccc(NC(=O)c3ccc(SC(C)C)cc3)cc2s1. The fraction of sp³-hybridized carbons (Fsp3) is 0.222. The average Bonchev–Trinajstić information content (AvgIpc) is 2.97. The van der Waals surface area contributed by atoms with Crippen molar-refractivity contribution in [1.29, 1.82) is 0 Å². The van der Waals surface area contributed by atoms with Gasteiger partial charge in [-0.15, -0.1) is 23.1 Å². The molecule has 3 aromatic rings. The number of carbonyl (C=O) groups is 1. The summed E-state index contributed by atoms with van der Waals surface area (Å²) in [6.45, 7) is 4.31. The van der Waals surface area contributed by atoms with E-state index in [-0.39, 0.29) is 5.91 Å². The van der Waals surface area contributed by atoms with Crippen LogP contribution in [0.1, 0.15) is 24.2 Å². The molecular weight excluding hydrogens is 356 g/mol. The highest BCUT2D eigenvalue weighted by Crippen LogP contribution is 2.30. The van der Waals surface area contributed by atoms with Crippen molar-refractivity contribution in [1.82, 2.24) is 4.98 Å². The Morgan fingerprint density at radius 3 is 2.58 bits per heavy atom. The molecule has 0 fully saturated rings. The molecule has 0 aliphatic rings. The van der Waals surface area contributed by atoms with Gasteiger partial charge in [0, 0.05) is 21.4 Å². The zero-order valence-corrected chi connectivity index (χ0v) is 16.1. The monoisotopic (exact) mass is 374 g/mol. The second kappa shape index (κ2) is 7.59. The summed E-state index contributed by atoms with van der Waals surface area (Å²) < 4.78 is 2.12. The number of rotatable bonds is 5. The molecule has 0 radical (unpaired) electrons. The zero-order chi connectivity index (χ0) is 17.1. The summed E-state index contributed by atoms with van der Waals surface area (Å²) in [6, 6.07) is 13.6. The highest BCUT2D eigenvalue weighted by molar-refractivity contribution is 8.00. The smallest absolute Gasteiger partial charge is 0.255 e. The highest BCUT2D eigenvalue weighted by atomic mass is 32.2. The van der Waals surface area contributed by atoms with Crippen LogP contribution in [0.3, 0.4) is 0 Å². The predicted molar refractivity (Wildman–Crippen MR) is 107 cm³/mol. The normalized spacial score (nSPS) is 11.2. The zero-order valence-electron chi connectivity index (χ0n) is 13.7. The molecule has 1 heterocycles. The summed E-state index contributed by atoms with van der Waals surface area (Å²) in [4.78, 5) is 18.1. The van der Waals surface area contributed by atoms with Crippen LogP contribution < -0.4 is 5.32 Å². The molecule has 3 rings (SSSR count). The first-order chi connectivity index (χ1) is 11.5. The number of benzene rings is 2. The minimum atomic E-state index is -0.0925. The van der Waals surface area contributed by atoms with Gasteiger partial charge in [-0.3, -0.25) is 4.79 Å². The number of anilines is 1. The Hall–Kier alpha value is -1.50. The van der Waals surface area contributed by atoms with E-state index >= 15 is 0 Å². The van der Waals surface area contributed by atoms with Gasteiger partial charge in [0.15, 0.2) is 4.34 Å². The molecule has 1 amide bonds. The molecule has 3 nitrogen and oxygen atoms in total. The molecule has 0 unspecified atom stereocenters. The second-order valence-electron chi connectivity index (χ2n) is 5.51. The van der Waals surface area contributed by atoms with E-state index in [1.807, 2.05) is 48.7 Å². The highest BCUT2D eigenvalue weighted by Gasteiger charge is 2.09. The molecule has 0 bridgehead atoms. The van der Waals surface area contributed by atoms with Gasteiger partial charge in [-0.2, -0.15) is 0 Å². The minimum Gasteiger partial charge on any atom is -0.322 e. The first-order valence-corrected chi connectivity index (χ1v) is 10.5. The van der Waals surface area contributed by atoms with Crippen molar-refractivity contribution in [2.45, 2.75) is 28.3 Å². The van der Waals surface area contributed by atoms with Crippen molar-refractivity contribution < 1.29 is 4.79 Å². The molecule has 1 aromatic heterocycles. The minimum absolute atomic E-state index is 0.0925. The second-order valence-corrected chi connectivity index (χ2v) is 9.25. The van der Waals surface area contributed by atoms with Crippen LogP contribution >= 0.6 is 34.9 Å². The van der Waals surface area contributed by atoms with Gasteiger partial charge in [0.1, 0.15) is 0 Å². The standard InChI is InChI=1S/C18H18N2OS3/c1-11(2)23-14-7-4-12(5-8-14)17(21)19-13-6-9-15-16(10-13)24-18(20-15)22-3/h4-11H,1-3H3,(H,19,21). The number of nitrogens with zero attached hydrogens (tertiary/aromatic N) is 1. The van der Waals surface area contributed by atoms with Gasteiger partial charge in [-0.05, 0) is 48.7 Å². The summed E-state index contributed by atoms with van der Waals surface area (Å²) >= 11 is 5.06. The summed E-state index contributed by atoms with van der Waals surface area (Å²) in [6.07, 6.45) is 2.02. The third-order valence-corrected chi connectivity index (χ3v) is 6.31. The molecule has 0 aliphatic heterocycles. The lowest BCUT2D eigenvalue weighted by Crippen LogP contribution is -2.11. The first kappa shape index (κ1) is 17.3. The molecule has 0 saturated heterocycles. The van der Waals surface area contributed by atoms with Crippen LogP contribution in [0.25, 0.3) is 10.2 Å². The van der Waals surface area contributed by atoms with Gasteiger partial charge in [0.2, 0.25) is 0 Å². The number of hydrogen-bond donors (Lipinski definition) is 1. The molecule has 0 atom stereocenters. The van der Waals surface area contributed by atoms with Gasteiger partial charge >= 0.3 is 0 Å². The quantitative estimate of drug-likeness (QED) is 0.576. The largest absolute Gasteiger partial charge is 0.322 e. The number of thioether (sulfide) groups is 2. The Kier molecular flexibility index (Phi) is 5.48. The van der Waals surface area contributed by atoms with Crippen molar-refractivity contribution in [3.63, 3.8) is 0 Å². The predicted octanol–water partition coefficient (Wildman–Crippen LogP) is 5.77. The van der Waals surface area contributed by atoms with Crippen molar-refractivity contribution >= 4 is 56.7 Å². The molecule has 1 N–H and O–H groups in total. The van der Waals surface area contributed by atoms with Crippen LogP contribution in [0.5, 0.6) is 0 Å². The number of aromatic nitrogens is 1. The third kappa shape index (κ3) is 4.12. The first-order valence-electron chi connectivity index (χ1n) is 7.58. The fourth-order valence-corrected chi connectivity index (χ4v) is 4.59. The van der Waals surface area contributed by atoms with Crippen molar-refractivity contribution in [3.8, 4) is 0 Å². The number of carbonyl (C=O) groups excluding carboxylic acids is 1. The van der Waals surface area contributed by atoms with Crippen LogP contribution in [0.4, 0.5) is 5.69 Å². The number of amides is 1. The van der Waals surface area contributed by atoms with Crippen LogP contribution in [-0.2, 0) is 0 Å². The molecule has 6 heteroatoms. The molecule has 124 valence electrons. The Balaban J connectivity index is 1.74. The maximum Gasteiger partial charge on any atom is 0.255 e. The molecule has 0 aliphatic carbocycles. The van der Waals surface area contributed by atoms with E-state index in [2.05, 4.69) is 24.1 Å². The number of fused-ring (bicyclic) bond motifs is 1. The third-order valence-electron chi connectivity index (χ3n) is 3.29. The lowest BCUT2D eigenvalue weighted by Gasteiger charge is -2.07. The average molecular weight is 375 g/mol. The van der Waals surface area contributed by atoms with Gasteiger partial charge in [0.05, 0.1) is 10.2 Å². The Morgan fingerprint density at radius 2 is 1.92 bits per heavy atom. The van der Waals surface area contributed by atoms with Crippen LogP contribution in [0.15, 0.2) is 51.7 Å². The Morgan fingerprint density at radius 1 is 1.17 bits per heavy atom. The molecular formula is C18H18N2OS3. The Labute approximate surface area is 154 Å². The van der Waals surface area contributed by atoms with E-state index in [0.29, 0.717) is 10.8 Å². The van der Waals surface area contributed by atoms with Gasteiger partial charge < -0.3 is 5.32 Å². The lowest BCUT2D eigenvalue weighted by molar-refractivity contribution is 0.102. The summed E-state index contributed by atoms with van der Waals surface area (Å²) in [7, 11) is 0. The topological polar surface area (TPSA) is 42.0 Å². The molecule has 0 saturated carbocycles. The van der Waals surface area contributed by atoms with Crippen molar-refractivity contribution in [2.75, 3.05) is 11.6 Å². The van der Waals surface area contributed by atoms with E-state index in [9.17, 15) is 4.79 Å². The maximum absolute atomic E-state index is 12.4. The van der Waals surface area contributed by atoms with Gasteiger partial charge in [0.25, 0.3) is 5.91 Å². The van der Waals surface area contributed by atoms with Crippen LogP contribution in [0, 0.1) is 0 Å². The van der Waals surface area contributed by atoms with E-state index in [1.165, 1.54) is 4.90 Å². The molecule has 24 heavy (non-hydrogen) atoms. The number of nitrogens with one attached hydrogen (secondary N) is 1. The Bertz CT molecular complexity index is 856. The fourth-order valence-electron chi connectivity index (χ4n) is 2.23. The maximum atomic E-state index is 12.4. The van der Waals surface area contributed by atoms with Crippen LogP contribution in [0.2, 0.25) is 0 Å². The molecule has 0 spiro atoms. The summed E-state index contributed by atoms with van der Waals surface area (Å²) in [5.74, 6) is -0.0925. The van der Waals surface area contributed by atoms with E-state index < -0.39 is 0 Å². The number of thiazole rings is 1. The molecule has 2 aromatic carbocycles. The van der Waals surface area contributed by atoms with Gasteiger partial charge in [-0.1, -0.05) is 25.6 Å².